The first-order chi connectivity index (χ1) is 13.5. The largest absolute Gasteiger partial charge is 0.482 e. The number of hydrogen-bond acceptors (Lipinski definition) is 5. The highest BCUT2D eigenvalue weighted by Gasteiger charge is 2.26. The Morgan fingerprint density at radius 1 is 1.25 bits per heavy atom. The van der Waals surface area contributed by atoms with E-state index in [1.54, 1.807) is 12.3 Å². The van der Waals surface area contributed by atoms with Gasteiger partial charge in [-0.2, -0.15) is 5.10 Å². The van der Waals surface area contributed by atoms with Crippen molar-refractivity contribution in [2.45, 2.75) is 46.1 Å². The van der Waals surface area contributed by atoms with E-state index in [1.807, 2.05) is 35.6 Å². The van der Waals surface area contributed by atoms with Crippen molar-refractivity contribution < 1.29 is 14.3 Å². The number of ether oxygens (including phenoxy) is 1. The molecule has 0 unspecified atom stereocenters. The summed E-state index contributed by atoms with van der Waals surface area (Å²) in [4.78, 5) is 30.1. The van der Waals surface area contributed by atoms with Gasteiger partial charge in [-0.25, -0.2) is 4.68 Å². The molecule has 0 aromatic carbocycles. The van der Waals surface area contributed by atoms with Crippen molar-refractivity contribution in [1.82, 2.24) is 19.7 Å². The molecular formula is C20H27N5O3. The molecule has 0 spiro atoms. The van der Waals surface area contributed by atoms with Crippen LogP contribution in [0.2, 0.25) is 0 Å². The molecule has 3 heterocycles. The third kappa shape index (κ3) is 4.68. The molecule has 0 aliphatic carbocycles. The summed E-state index contributed by atoms with van der Waals surface area (Å²) in [5.41, 5.74) is 1.81. The summed E-state index contributed by atoms with van der Waals surface area (Å²) in [5, 5.41) is 7.12. The minimum absolute atomic E-state index is 0.0152. The average Bonchev–Trinajstić information content (AvgIpc) is 3.14. The summed E-state index contributed by atoms with van der Waals surface area (Å²) in [7, 11) is 0. The topological polar surface area (TPSA) is 89.3 Å². The molecule has 8 nitrogen and oxygen atoms in total. The number of likely N-dealkylation sites (tertiary alicyclic amines) is 1. The van der Waals surface area contributed by atoms with Gasteiger partial charge in [0.25, 0.3) is 5.91 Å². The quantitative estimate of drug-likeness (QED) is 0.824. The van der Waals surface area contributed by atoms with Gasteiger partial charge >= 0.3 is 0 Å². The fourth-order valence-electron chi connectivity index (χ4n) is 3.46. The monoisotopic (exact) mass is 385 g/mol. The number of aryl methyl sites for hydroxylation is 2. The van der Waals surface area contributed by atoms with Crippen molar-refractivity contribution in [3.63, 3.8) is 0 Å². The standard InChI is InChI=1S/C20H27N5O3/c1-4-17-18(6-5-14(2)22-17)28-13-20(27)24-11-8-16(9-12-24)25-19(7-10-21-25)23-15(3)26/h5-7,10,16H,4,8-9,11-13H2,1-3H3,(H,23,26). The minimum atomic E-state index is -0.122. The lowest BCUT2D eigenvalue weighted by Gasteiger charge is -2.32. The van der Waals surface area contributed by atoms with Gasteiger partial charge in [0.05, 0.1) is 17.9 Å². The molecule has 1 aliphatic heterocycles. The van der Waals surface area contributed by atoms with Gasteiger partial charge in [-0.1, -0.05) is 6.92 Å². The molecule has 3 rings (SSSR count). The van der Waals surface area contributed by atoms with Gasteiger partial charge in [0, 0.05) is 31.8 Å². The normalized spacial score (nSPS) is 14.8. The number of carbonyl (C=O) groups excluding carboxylic acids is 2. The van der Waals surface area contributed by atoms with Crippen LogP contribution in [0.25, 0.3) is 0 Å². The predicted octanol–water partition coefficient (Wildman–Crippen LogP) is 2.35. The van der Waals surface area contributed by atoms with E-state index in [2.05, 4.69) is 15.4 Å². The molecule has 2 amide bonds. The lowest BCUT2D eigenvalue weighted by Crippen LogP contribution is -2.41. The SMILES string of the molecule is CCc1nc(C)ccc1OCC(=O)N1CCC(n2nccc2NC(C)=O)CC1. The first-order valence-electron chi connectivity index (χ1n) is 9.66. The number of carbonyl (C=O) groups is 2. The molecule has 150 valence electrons. The summed E-state index contributed by atoms with van der Waals surface area (Å²) >= 11 is 0. The third-order valence-corrected chi connectivity index (χ3v) is 4.90. The fraction of sp³-hybridized carbons (Fsp3) is 0.500. The molecule has 2 aromatic rings. The Morgan fingerprint density at radius 3 is 2.68 bits per heavy atom. The van der Waals surface area contributed by atoms with Gasteiger partial charge in [0.2, 0.25) is 5.91 Å². The second-order valence-corrected chi connectivity index (χ2v) is 6.99. The van der Waals surface area contributed by atoms with Gasteiger partial charge in [-0.05, 0) is 38.3 Å². The van der Waals surface area contributed by atoms with E-state index in [1.165, 1.54) is 6.92 Å². The Labute approximate surface area is 164 Å². The molecule has 0 saturated carbocycles. The minimum Gasteiger partial charge on any atom is -0.482 e. The van der Waals surface area contributed by atoms with Crippen molar-refractivity contribution in [3.05, 3.63) is 35.8 Å². The fourth-order valence-corrected chi connectivity index (χ4v) is 3.46. The van der Waals surface area contributed by atoms with E-state index in [-0.39, 0.29) is 24.5 Å². The van der Waals surface area contributed by atoms with Crippen molar-refractivity contribution >= 4 is 17.6 Å². The van der Waals surface area contributed by atoms with Crippen molar-refractivity contribution in [2.24, 2.45) is 0 Å². The number of nitrogens with zero attached hydrogens (tertiary/aromatic N) is 4. The zero-order valence-corrected chi connectivity index (χ0v) is 16.6. The molecule has 2 aromatic heterocycles. The highest BCUT2D eigenvalue weighted by molar-refractivity contribution is 5.87. The Balaban J connectivity index is 1.53. The highest BCUT2D eigenvalue weighted by atomic mass is 16.5. The molecule has 0 atom stereocenters. The molecule has 8 heteroatoms. The van der Waals surface area contributed by atoms with Crippen molar-refractivity contribution in [2.75, 3.05) is 25.0 Å². The lowest BCUT2D eigenvalue weighted by molar-refractivity contribution is -0.134. The second kappa shape index (κ2) is 8.86. The zero-order valence-electron chi connectivity index (χ0n) is 16.6. The molecule has 0 radical (unpaired) electrons. The maximum absolute atomic E-state index is 12.5. The maximum Gasteiger partial charge on any atom is 0.260 e. The molecule has 1 N–H and O–H groups in total. The first kappa shape index (κ1) is 19.9. The number of amides is 2. The zero-order chi connectivity index (χ0) is 20.1. The molecule has 28 heavy (non-hydrogen) atoms. The second-order valence-electron chi connectivity index (χ2n) is 6.99. The number of piperidine rings is 1. The van der Waals surface area contributed by atoms with Crippen LogP contribution in [0.4, 0.5) is 5.82 Å². The van der Waals surface area contributed by atoms with E-state index in [0.29, 0.717) is 24.7 Å². The van der Waals surface area contributed by atoms with Gasteiger partial charge in [-0.3, -0.25) is 14.6 Å². The van der Waals surface area contributed by atoms with Crippen LogP contribution in [0, 0.1) is 6.92 Å². The van der Waals surface area contributed by atoms with Crippen molar-refractivity contribution in [1.29, 1.82) is 0 Å². The Bertz CT molecular complexity index is 840. The van der Waals surface area contributed by atoms with Crippen LogP contribution in [-0.2, 0) is 16.0 Å². The Morgan fingerprint density at radius 2 is 2.00 bits per heavy atom. The predicted molar refractivity (Wildman–Crippen MR) is 105 cm³/mol. The van der Waals surface area contributed by atoms with Crippen LogP contribution in [0.5, 0.6) is 5.75 Å². The summed E-state index contributed by atoms with van der Waals surface area (Å²) in [6.07, 6.45) is 4.01. The summed E-state index contributed by atoms with van der Waals surface area (Å²) in [6, 6.07) is 5.71. The molecular weight excluding hydrogens is 358 g/mol. The van der Waals surface area contributed by atoms with Crippen LogP contribution >= 0.6 is 0 Å². The first-order valence-corrected chi connectivity index (χ1v) is 9.66. The van der Waals surface area contributed by atoms with E-state index in [4.69, 9.17) is 4.74 Å². The number of hydrogen-bond donors (Lipinski definition) is 1. The van der Waals surface area contributed by atoms with E-state index in [9.17, 15) is 9.59 Å². The number of anilines is 1. The molecule has 1 fully saturated rings. The Kier molecular flexibility index (Phi) is 6.28. The number of aromatic nitrogens is 3. The Hall–Kier alpha value is -2.90. The summed E-state index contributed by atoms with van der Waals surface area (Å²) in [5.74, 6) is 1.22. The van der Waals surface area contributed by atoms with Gasteiger partial charge < -0.3 is 15.0 Å². The van der Waals surface area contributed by atoms with E-state index < -0.39 is 0 Å². The maximum atomic E-state index is 12.5. The van der Waals surface area contributed by atoms with Gasteiger partial charge in [0.15, 0.2) is 6.61 Å². The summed E-state index contributed by atoms with van der Waals surface area (Å²) < 4.78 is 7.58. The number of pyridine rings is 1. The van der Waals surface area contributed by atoms with Gasteiger partial charge in [0.1, 0.15) is 11.6 Å². The van der Waals surface area contributed by atoms with Crippen LogP contribution in [-0.4, -0.2) is 51.2 Å². The molecule has 1 aliphatic rings. The smallest absolute Gasteiger partial charge is 0.260 e. The lowest BCUT2D eigenvalue weighted by atomic mass is 10.1. The van der Waals surface area contributed by atoms with Crippen LogP contribution in [0.3, 0.4) is 0 Å². The van der Waals surface area contributed by atoms with Crippen molar-refractivity contribution in [3.8, 4) is 5.75 Å². The number of rotatable bonds is 6. The summed E-state index contributed by atoms with van der Waals surface area (Å²) in [6.45, 7) is 6.73. The highest BCUT2D eigenvalue weighted by Crippen LogP contribution is 2.25. The van der Waals surface area contributed by atoms with Crippen LogP contribution in [0.1, 0.15) is 44.1 Å². The molecule has 0 bridgehead atoms. The van der Waals surface area contributed by atoms with Crippen LogP contribution < -0.4 is 10.1 Å². The van der Waals surface area contributed by atoms with E-state index in [0.717, 1.165) is 30.7 Å². The molecule has 1 saturated heterocycles. The van der Waals surface area contributed by atoms with Gasteiger partial charge in [-0.15, -0.1) is 0 Å². The number of nitrogens with one attached hydrogen (secondary N) is 1. The average molecular weight is 385 g/mol. The van der Waals surface area contributed by atoms with E-state index >= 15 is 0 Å². The third-order valence-electron chi connectivity index (χ3n) is 4.90. The van der Waals surface area contributed by atoms with Crippen LogP contribution in [0.15, 0.2) is 24.4 Å².